The van der Waals surface area contributed by atoms with E-state index in [1.807, 2.05) is 6.92 Å². The summed E-state index contributed by atoms with van der Waals surface area (Å²) in [6.45, 7) is 8.15. The number of rotatable bonds is 5. The molecule has 2 N–H and O–H groups in total. The lowest BCUT2D eigenvalue weighted by atomic mass is 10.3. The number of anilines is 1. The van der Waals surface area contributed by atoms with Crippen molar-refractivity contribution in [2.75, 3.05) is 18.0 Å². The van der Waals surface area contributed by atoms with Gasteiger partial charge in [0.2, 0.25) is 0 Å². The van der Waals surface area contributed by atoms with Crippen LogP contribution in [0.4, 0.5) is 5.69 Å². The van der Waals surface area contributed by atoms with Crippen molar-refractivity contribution in [2.45, 2.75) is 33.4 Å². The Labute approximate surface area is 95.9 Å². The predicted octanol–water partition coefficient (Wildman–Crippen LogP) is 0.437. The summed E-state index contributed by atoms with van der Waals surface area (Å²) < 4.78 is 1.40. The molecule has 0 aliphatic heterocycles. The van der Waals surface area contributed by atoms with Crippen LogP contribution in [0.15, 0.2) is 17.1 Å². The Bertz CT molecular complexity index is 382. The van der Waals surface area contributed by atoms with Gasteiger partial charge in [-0.2, -0.15) is 5.10 Å². The third-order valence-corrected chi connectivity index (χ3v) is 2.44. The molecule has 90 valence electrons. The highest BCUT2D eigenvalue weighted by Gasteiger charge is 2.06. The van der Waals surface area contributed by atoms with Crippen LogP contribution in [-0.2, 0) is 6.54 Å². The van der Waals surface area contributed by atoms with Gasteiger partial charge in [-0.3, -0.25) is 4.79 Å². The number of nitrogens with zero attached hydrogens (tertiary/aromatic N) is 3. The van der Waals surface area contributed by atoms with Gasteiger partial charge in [0.25, 0.3) is 5.56 Å². The van der Waals surface area contributed by atoms with Crippen LogP contribution in [0.5, 0.6) is 0 Å². The Balaban J connectivity index is 2.94. The minimum absolute atomic E-state index is 0.0653. The molecule has 0 bridgehead atoms. The van der Waals surface area contributed by atoms with Gasteiger partial charge in [-0.25, -0.2) is 4.68 Å². The van der Waals surface area contributed by atoms with E-state index in [4.69, 9.17) is 5.73 Å². The van der Waals surface area contributed by atoms with Crippen molar-refractivity contribution in [3.63, 3.8) is 0 Å². The summed E-state index contributed by atoms with van der Waals surface area (Å²) in [5.41, 5.74) is 6.41. The second-order valence-electron chi connectivity index (χ2n) is 3.88. The van der Waals surface area contributed by atoms with Gasteiger partial charge in [-0.1, -0.05) is 0 Å². The molecule has 0 spiro atoms. The van der Waals surface area contributed by atoms with E-state index >= 15 is 0 Å². The van der Waals surface area contributed by atoms with Crippen molar-refractivity contribution < 1.29 is 0 Å². The van der Waals surface area contributed by atoms with Gasteiger partial charge in [0.05, 0.1) is 18.4 Å². The fourth-order valence-corrected chi connectivity index (χ4v) is 1.60. The first-order valence-corrected chi connectivity index (χ1v) is 5.66. The Morgan fingerprint density at radius 2 is 2.12 bits per heavy atom. The van der Waals surface area contributed by atoms with E-state index in [1.54, 1.807) is 12.3 Å². The maximum atomic E-state index is 11.7. The molecule has 1 aromatic heterocycles. The van der Waals surface area contributed by atoms with Crippen LogP contribution in [0.2, 0.25) is 0 Å². The predicted molar refractivity (Wildman–Crippen MR) is 65.7 cm³/mol. The summed E-state index contributed by atoms with van der Waals surface area (Å²) in [5, 5.41) is 4.12. The largest absolute Gasteiger partial charge is 0.371 e. The first-order valence-electron chi connectivity index (χ1n) is 5.66. The molecule has 0 saturated carbocycles. The van der Waals surface area contributed by atoms with E-state index in [-0.39, 0.29) is 11.6 Å². The van der Waals surface area contributed by atoms with Gasteiger partial charge >= 0.3 is 0 Å². The summed E-state index contributed by atoms with van der Waals surface area (Å²) in [5.74, 6) is 0. The molecule has 0 aliphatic carbocycles. The van der Waals surface area contributed by atoms with Gasteiger partial charge in [0.1, 0.15) is 0 Å². The number of nitrogens with two attached hydrogens (primary N) is 1. The van der Waals surface area contributed by atoms with Crippen LogP contribution in [0.3, 0.4) is 0 Å². The lowest BCUT2D eigenvalue weighted by Crippen LogP contribution is -2.32. The molecule has 0 unspecified atom stereocenters. The first kappa shape index (κ1) is 12.7. The molecular weight excluding hydrogens is 204 g/mol. The highest BCUT2D eigenvalue weighted by Crippen LogP contribution is 2.07. The normalized spacial score (nSPS) is 12.5. The maximum Gasteiger partial charge on any atom is 0.268 e. The summed E-state index contributed by atoms with van der Waals surface area (Å²) in [4.78, 5) is 13.8. The lowest BCUT2D eigenvalue weighted by Gasteiger charge is -2.20. The Hall–Kier alpha value is -1.36. The third-order valence-electron chi connectivity index (χ3n) is 2.44. The third kappa shape index (κ3) is 3.06. The van der Waals surface area contributed by atoms with E-state index in [9.17, 15) is 4.79 Å². The van der Waals surface area contributed by atoms with E-state index in [1.165, 1.54) is 4.68 Å². The minimum atomic E-state index is -0.0956. The quantitative estimate of drug-likeness (QED) is 0.788. The number of hydrogen-bond acceptors (Lipinski definition) is 4. The van der Waals surface area contributed by atoms with Crippen molar-refractivity contribution in [3.05, 3.63) is 22.6 Å². The molecule has 16 heavy (non-hydrogen) atoms. The summed E-state index contributed by atoms with van der Waals surface area (Å²) in [6, 6.07) is 1.55. The van der Waals surface area contributed by atoms with Crippen LogP contribution < -0.4 is 16.2 Å². The van der Waals surface area contributed by atoms with Crippen molar-refractivity contribution in [3.8, 4) is 0 Å². The molecule has 5 heteroatoms. The first-order chi connectivity index (χ1) is 7.58. The Morgan fingerprint density at radius 1 is 1.50 bits per heavy atom. The van der Waals surface area contributed by atoms with Gasteiger partial charge in [-0.15, -0.1) is 0 Å². The van der Waals surface area contributed by atoms with E-state index in [2.05, 4.69) is 23.8 Å². The Kier molecular flexibility index (Phi) is 4.49. The zero-order chi connectivity index (χ0) is 12.1. The minimum Gasteiger partial charge on any atom is -0.371 e. The standard InChI is InChI=1S/C11H20N4O/c1-4-14(5-2)10-6-11(16)15(13-7-10)8-9(3)12/h6-7,9H,4-5,8,12H2,1-3H3/t9-/m0/s1. The summed E-state index contributed by atoms with van der Waals surface area (Å²) >= 11 is 0. The molecule has 1 aromatic rings. The molecule has 0 aliphatic rings. The molecule has 1 heterocycles. The van der Waals surface area contributed by atoms with Crippen LogP contribution in [-0.4, -0.2) is 28.9 Å². The van der Waals surface area contributed by atoms with Crippen molar-refractivity contribution in [1.29, 1.82) is 0 Å². The van der Waals surface area contributed by atoms with Gasteiger partial charge in [0.15, 0.2) is 0 Å². The van der Waals surface area contributed by atoms with Crippen molar-refractivity contribution >= 4 is 5.69 Å². The van der Waals surface area contributed by atoms with E-state index < -0.39 is 0 Å². The molecule has 1 atom stereocenters. The Morgan fingerprint density at radius 3 is 2.56 bits per heavy atom. The second-order valence-corrected chi connectivity index (χ2v) is 3.88. The molecule has 0 aromatic carbocycles. The average Bonchev–Trinajstić information content (AvgIpc) is 2.23. The highest BCUT2D eigenvalue weighted by atomic mass is 16.1. The number of hydrogen-bond donors (Lipinski definition) is 1. The van der Waals surface area contributed by atoms with E-state index in [0.717, 1.165) is 18.8 Å². The van der Waals surface area contributed by atoms with Crippen molar-refractivity contribution in [2.24, 2.45) is 5.73 Å². The van der Waals surface area contributed by atoms with Crippen molar-refractivity contribution in [1.82, 2.24) is 9.78 Å². The van der Waals surface area contributed by atoms with Gasteiger partial charge in [-0.05, 0) is 20.8 Å². The second kappa shape index (κ2) is 5.65. The molecule has 1 rings (SSSR count). The van der Waals surface area contributed by atoms with Crippen LogP contribution in [0, 0.1) is 0 Å². The maximum absolute atomic E-state index is 11.7. The average molecular weight is 224 g/mol. The topological polar surface area (TPSA) is 64.2 Å². The lowest BCUT2D eigenvalue weighted by molar-refractivity contribution is 0.513. The summed E-state index contributed by atoms with van der Waals surface area (Å²) in [6.07, 6.45) is 1.72. The monoisotopic (exact) mass is 224 g/mol. The van der Waals surface area contributed by atoms with Gasteiger partial charge < -0.3 is 10.6 Å². The highest BCUT2D eigenvalue weighted by molar-refractivity contribution is 5.42. The molecule has 0 fully saturated rings. The molecule has 0 radical (unpaired) electrons. The number of aromatic nitrogens is 2. The molecule has 5 nitrogen and oxygen atoms in total. The summed E-state index contributed by atoms with van der Waals surface area (Å²) in [7, 11) is 0. The zero-order valence-corrected chi connectivity index (χ0v) is 10.2. The molecular formula is C11H20N4O. The molecule has 0 amide bonds. The fraction of sp³-hybridized carbons (Fsp3) is 0.636. The molecule has 0 saturated heterocycles. The zero-order valence-electron chi connectivity index (χ0n) is 10.2. The van der Waals surface area contributed by atoms with E-state index in [0.29, 0.717) is 6.54 Å². The SMILES string of the molecule is CCN(CC)c1cnn(C[C@H](C)N)c(=O)c1. The van der Waals surface area contributed by atoms with Crippen LogP contribution in [0.1, 0.15) is 20.8 Å². The van der Waals surface area contributed by atoms with Crippen LogP contribution in [0.25, 0.3) is 0 Å². The van der Waals surface area contributed by atoms with Crippen LogP contribution >= 0.6 is 0 Å². The smallest absolute Gasteiger partial charge is 0.268 e. The fourth-order valence-electron chi connectivity index (χ4n) is 1.60. The van der Waals surface area contributed by atoms with Gasteiger partial charge in [0, 0.05) is 25.2 Å².